The first-order chi connectivity index (χ1) is 15.1. The first kappa shape index (κ1) is 20.5. The van der Waals surface area contributed by atoms with E-state index in [9.17, 15) is 9.59 Å². The van der Waals surface area contributed by atoms with Crippen molar-refractivity contribution in [3.05, 3.63) is 94.8 Å². The minimum Gasteiger partial charge on any atom is -0.467 e. The fourth-order valence-corrected chi connectivity index (χ4v) is 3.19. The van der Waals surface area contributed by atoms with E-state index in [4.69, 9.17) is 16.0 Å². The van der Waals surface area contributed by atoms with Crippen molar-refractivity contribution < 1.29 is 14.0 Å². The molecule has 0 bridgehead atoms. The number of pyridine rings is 1. The maximum atomic E-state index is 12.3. The fourth-order valence-electron chi connectivity index (χ4n) is 3.02. The topological polar surface area (TPSA) is 101 Å². The highest BCUT2D eigenvalue weighted by atomic mass is 35.5. The van der Waals surface area contributed by atoms with Crippen molar-refractivity contribution in [2.75, 3.05) is 0 Å². The summed E-state index contributed by atoms with van der Waals surface area (Å²) >= 11 is 5.97. The third kappa shape index (κ3) is 5.43. The van der Waals surface area contributed by atoms with E-state index in [1.165, 1.54) is 0 Å². The van der Waals surface area contributed by atoms with E-state index in [0.717, 1.165) is 11.2 Å². The van der Waals surface area contributed by atoms with Crippen LogP contribution in [0.2, 0.25) is 5.02 Å². The summed E-state index contributed by atoms with van der Waals surface area (Å²) in [5, 5.41) is 8.96. The molecule has 0 aliphatic rings. The lowest BCUT2D eigenvalue weighted by Gasteiger charge is -2.08. The van der Waals surface area contributed by atoms with E-state index < -0.39 is 0 Å². The van der Waals surface area contributed by atoms with E-state index in [-0.39, 0.29) is 25.0 Å². The molecule has 8 nitrogen and oxygen atoms in total. The number of hydrogen-bond donors (Lipinski definition) is 3. The number of urea groups is 1. The summed E-state index contributed by atoms with van der Waals surface area (Å²) in [6.45, 7) is 0.873. The van der Waals surface area contributed by atoms with Gasteiger partial charge in [-0.2, -0.15) is 0 Å². The zero-order valence-corrected chi connectivity index (χ0v) is 17.2. The molecule has 3 N–H and O–H groups in total. The lowest BCUT2D eigenvalue weighted by atomic mass is 10.1. The quantitative estimate of drug-likeness (QED) is 0.412. The molecule has 0 saturated heterocycles. The summed E-state index contributed by atoms with van der Waals surface area (Å²) < 4.78 is 7.01. The molecule has 158 valence electrons. The molecule has 3 amide bonds. The van der Waals surface area contributed by atoms with E-state index >= 15 is 0 Å². The van der Waals surface area contributed by atoms with Gasteiger partial charge in [0.1, 0.15) is 11.4 Å². The molecule has 4 aromatic rings. The Kier molecular flexibility index (Phi) is 6.18. The van der Waals surface area contributed by atoms with Crippen molar-refractivity contribution in [3.8, 4) is 0 Å². The number of nitrogens with one attached hydrogen (secondary N) is 3. The highest BCUT2D eigenvalue weighted by Crippen LogP contribution is 2.11. The lowest BCUT2D eigenvalue weighted by molar-refractivity contribution is 0.0948. The molecule has 31 heavy (non-hydrogen) atoms. The molecular weight excluding hydrogens is 418 g/mol. The van der Waals surface area contributed by atoms with Gasteiger partial charge in [-0.25, -0.2) is 9.78 Å². The maximum Gasteiger partial charge on any atom is 0.315 e. The second-order valence-corrected chi connectivity index (χ2v) is 7.28. The zero-order chi connectivity index (χ0) is 21.6. The number of hydrogen-bond acceptors (Lipinski definition) is 4. The number of rotatable bonds is 7. The van der Waals surface area contributed by atoms with Crippen molar-refractivity contribution in [2.45, 2.75) is 19.6 Å². The molecule has 0 radical (unpaired) electrons. The standard InChI is InChI=1S/C22H20ClN5O3/c23-17-6-7-20-27-18(14-28(20)13-17)11-26-22(30)25-10-15-3-1-4-16(9-15)21(29)24-12-19-5-2-8-31-19/h1-9,13-14H,10-12H2,(H,24,29)(H2,25,26,30). The van der Waals surface area contributed by atoms with Gasteiger partial charge in [-0.1, -0.05) is 23.7 Å². The van der Waals surface area contributed by atoms with Gasteiger partial charge < -0.3 is 24.8 Å². The predicted molar refractivity (Wildman–Crippen MR) is 116 cm³/mol. The average Bonchev–Trinajstić information content (AvgIpc) is 3.44. The van der Waals surface area contributed by atoms with Gasteiger partial charge in [0, 0.05) is 24.5 Å². The number of halogens is 1. The molecule has 1 aromatic carbocycles. The third-order valence-electron chi connectivity index (χ3n) is 4.54. The van der Waals surface area contributed by atoms with Crippen molar-refractivity contribution in [3.63, 3.8) is 0 Å². The molecule has 9 heteroatoms. The van der Waals surface area contributed by atoms with Crippen LogP contribution in [0.4, 0.5) is 4.79 Å². The highest BCUT2D eigenvalue weighted by Gasteiger charge is 2.08. The molecule has 4 rings (SSSR count). The normalized spacial score (nSPS) is 10.7. The predicted octanol–water partition coefficient (Wildman–Crippen LogP) is 3.51. The second kappa shape index (κ2) is 9.36. The smallest absolute Gasteiger partial charge is 0.315 e. The third-order valence-corrected chi connectivity index (χ3v) is 4.76. The zero-order valence-electron chi connectivity index (χ0n) is 16.5. The van der Waals surface area contributed by atoms with Crippen LogP contribution in [0.3, 0.4) is 0 Å². The van der Waals surface area contributed by atoms with Crippen LogP contribution in [0.1, 0.15) is 27.4 Å². The molecule has 0 fully saturated rings. The Labute approximate surface area is 183 Å². The first-order valence-electron chi connectivity index (χ1n) is 9.61. The van der Waals surface area contributed by atoms with E-state index in [0.29, 0.717) is 28.6 Å². The van der Waals surface area contributed by atoms with Crippen LogP contribution < -0.4 is 16.0 Å². The highest BCUT2D eigenvalue weighted by molar-refractivity contribution is 6.30. The Balaban J connectivity index is 1.26. The lowest BCUT2D eigenvalue weighted by Crippen LogP contribution is -2.34. The number of fused-ring (bicyclic) bond motifs is 1. The number of carbonyl (C=O) groups excluding carboxylic acids is 2. The van der Waals surface area contributed by atoms with Crippen molar-refractivity contribution in [1.29, 1.82) is 0 Å². The van der Waals surface area contributed by atoms with Crippen LogP contribution in [0.5, 0.6) is 0 Å². The van der Waals surface area contributed by atoms with Crippen LogP contribution in [-0.2, 0) is 19.6 Å². The second-order valence-electron chi connectivity index (χ2n) is 6.84. The average molecular weight is 438 g/mol. The Morgan fingerprint density at radius 3 is 2.68 bits per heavy atom. The summed E-state index contributed by atoms with van der Waals surface area (Å²) in [5.74, 6) is 0.464. The Morgan fingerprint density at radius 2 is 1.84 bits per heavy atom. The number of nitrogens with zero attached hydrogens (tertiary/aromatic N) is 2. The SMILES string of the molecule is O=C(NCc1cccc(C(=O)NCc2ccco2)c1)NCc1cn2cc(Cl)ccc2n1. The molecule has 0 aliphatic heterocycles. The van der Waals surface area contributed by atoms with Crippen molar-refractivity contribution in [2.24, 2.45) is 0 Å². The molecular formula is C22H20ClN5O3. The van der Waals surface area contributed by atoms with Crippen molar-refractivity contribution >= 4 is 29.2 Å². The van der Waals surface area contributed by atoms with Crippen LogP contribution >= 0.6 is 11.6 Å². The van der Waals surface area contributed by atoms with Crippen molar-refractivity contribution in [1.82, 2.24) is 25.3 Å². The number of aromatic nitrogens is 2. The number of carbonyl (C=O) groups is 2. The van der Waals surface area contributed by atoms with Gasteiger partial charge in [0.25, 0.3) is 5.91 Å². The van der Waals surface area contributed by atoms with Gasteiger partial charge in [-0.05, 0) is 42.0 Å². The van der Waals surface area contributed by atoms with Crippen LogP contribution in [0, 0.1) is 0 Å². The molecule has 3 aromatic heterocycles. The Bertz CT molecular complexity index is 1200. The largest absolute Gasteiger partial charge is 0.467 e. The van der Waals surface area contributed by atoms with Gasteiger partial charge >= 0.3 is 6.03 Å². The number of furan rings is 1. The van der Waals surface area contributed by atoms with E-state index in [1.54, 1.807) is 53.3 Å². The van der Waals surface area contributed by atoms with Gasteiger partial charge in [0.15, 0.2) is 0 Å². The monoisotopic (exact) mass is 437 g/mol. The minimum absolute atomic E-state index is 0.213. The van der Waals surface area contributed by atoms with Gasteiger partial charge in [-0.3, -0.25) is 4.79 Å². The van der Waals surface area contributed by atoms with E-state index in [1.807, 2.05) is 18.3 Å². The molecule has 3 heterocycles. The maximum absolute atomic E-state index is 12.3. The summed E-state index contributed by atoms with van der Waals surface area (Å²) in [6, 6.07) is 13.9. The summed E-state index contributed by atoms with van der Waals surface area (Å²) in [6.07, 6.45) is 5.13. The minimum atomic E-state index is -0.331. The molecule has 0 saturated carbocycles. The molecule has 0 aliphatic carbocycles. The fraction of sp³-hybridized carbons (Fsp3) is 0.136. The Morgan fingerprint density at radius 1 is 0.968 bits per heavy atom. The van der Waals surface area contributed by atoms with Crippen LogP contribution in [0.15, 0.2) is 71.6 Å². The molecule has 0 atom stereocenters. The molecule has 0 unspecified atom stereocenters. The first-order valence-corrected chi connectivity index (χ1v) is 9.99. The van der Waals surface area contributed by atoms with Crippen LogP contribution in [0.25, 0.3) is 5.65 Å². The van der Waals surface area contributed by atoms with Gasteiger partial charge in [-0.15, -0.1) is 0 Å². The Hall–Kier alpha value is -3.78. The van der Waals surface area contributed by atoms with Gasteiger partial charge in [0.05, 0.1) is 30.1 Å². The van der Waals surface area contributed by atoms with Gasteiger partial charge in [0.2, 0.25) is 0 Å². The number of amides is 3. The number of benzene rings is 1. The summed E-state index contributed by atoms with van der Waals surface area (Å²) in [5.41, 5.74) is 2.79. The van der Waals surface area contributed by atoms with Crippen LogP contribution in [-0.4, -0.2) is 21.3 Å². The summed E-state index contributed by atoms with van der Waals surface area (Å²) in [7, 11) is 0. The number of imidazole rings is 1. The summed E-state index contributed by atoms with van der Waals surface area (Å²) in [4.78, 5) is 28.9. The van der Waals surface area contributed by atoms with E-state index in [2.05, 4.69) is 20.9 Å². The molecule has 0 spiro atoms.